The summed E-state index contributed by atoms with van der Waals surface area (Å²) in [5.41, 5.74) is 1.29. The van der Waals surface area contributed by atoms with Crippen molar-refractivity contribution in [3.63, 3.8) is 0 Å². The van der Waals surface area contributed by atoms with Gasteiger partial charge in [-0.05, 0) is 55.2 Å². The third-order valence-electron chi connectivity index (χ3n) is 5.46. The molecule has 2 aromatic rings. The molecule has 174 valence electrons. The fourth-order valence-corrected chi connectivity index (χ4v) is 3.81. The highest BCUT2D eigenvalue weighted by Gasteiger charge is 2.35. The van der Waals surface area contributed by atoms with E-state index in [1.54, 1.807) is 34.5 Å². The van der Waals surface area contributed by atoms with Gasteiger partial charge in [-0.25, -0.2) is 0 Å². The zero-order chi connectivity index (χ0) is 23.4. The smallest absolute Gasteiger partial charge is 0.137 e. The van der Waals surface area contributed by atoms with E-state index in [-0.39, 0.29) is 0 Å². The van der Waals surface area contributed by atoms with Crippen LogP contribution in [0, 0.1) is 0 Å². The molecule has 0 amide bonds. The van der Waals surface area contributed by atoms with Crippen LogP contribution in [0.15, 0.2) is 42.5 Å². The second-order valence-corrected chi connectivity index (χ2v) is 7.68. The highest BCUT2D eigenvalue weighted by atomic mass is 35.5. The summed E-state index contributed by atoms with van der Waals surface area (Å²) in [7, 11) is 6.52. The lowest BCUT2D eigenvalue weighted by atomic mass is 9.83. The summed E-state index contributed by atoms with van der Waals surface area (Å²) in [5, 5.41) is 11.7. The summed E-state index contributed by atoms with van der Waals surface area (Å²) in [6, 6.07) is 14.0. The van der Waals surface area contributed by atoms with Gasteiger partial charge in [0.15, 0.2) is 0 Å². The SMILES string of the molecule is CC.COC.COc1ccc(C(C)N2CCC(O)(c3ccc(Cl)c(OC)c3)CC2)cc1. The van der Waals surface area contributed by atoms with E-state index in [0.717, 1.165) is 24.4 Å². The quantitative estimate of drug-likeness (QED) is 0.632. The molecule has 1 saturated heterocycles. The Morgan fingerprint density at radius 2 is 1.48 bits per heavy atom. The number of likely N-dealkylation sites (tertiary alicyclic amines) is 1. The third-order valence-corrected chi connectivity index (χ3v) is 5.77. The van der Waals surface area contributed by atoms with Crippen molar-refractivity contribution < 1.29 is 19.3 Å². The van der Waals surface area contributed by atoms with E-state index in [4.69, 9.17) is 21.1 Å². The van der Waals surface area contributed by atoms with E-state index in [1.807, 2.05) is 38.1 Å². The molecule has 1 heterocycles. The number of ether oxygens (including phenoxy) is 3. The first-order chi connectivity index (χ1) is 14.9. The number of piperidine rings is 1. The van der Waals surface area contributed by atoms with Crippen molar-refractivity contribution in [1.82, 2.24) is 4.90 Å². The molecule has 0 spiro atoms. The van der Waals surface area contributed by atoms with Gasteiger partial charge in [0.1, 0.15) is 11.5 Å². The van der Waals surface area contributed by atoms with E-state index in [9.17, 15) is 5.11 Å². The molecule has 1 aliphatic heterocycles. The van der Waals surface area contributed by atoms with Crippen LogP contribution in [0.25, 0.3) is 0 Å². The Kier molecular flexibility index (Phi) is 11.9. The van der Waals surface area contributed by atoms with Crippen LogP contribution in [0.1, 0.15) is 50.8 Å². The van der Waals surface area contributed by atoms with Crippen molar-refractivity contribution in [2.45, 2.75) is 45.3 Å². The first kappa shape index (κ1) is 27.2. The van der Waals surface area contributed by atoms with Crippen LogP contribution in [0.2, 0.25) is 5.02 Å². The van der Waals surface area contributed by atoms with Gasteiger partial charge in [-0.3, -0.25) is 4.90 Å². The molecular weight excluding hydrogens is 414 g/mol. The topological polar surface area (TPSA) is 51.2 Å². The van der Waals surface area contributed by atoms with Crippen LogP contribution in [0.5, 0.6) is 11.5 Å². The summed E-state index contributed by atoms with van der Waals surface area (Å²) < 4.78 is 14.8. The van der Waals surface area contributed by atoms with Crippen molar-refractivity contribution in [3.05, 3.63) is 58.6 Å². The maximum absolute atomic E-state index is 11.2. The van der Waals surface area contributed by atoms with Crippen molar-refractivity contribution in [1.29, 1.82) is 0 Å². The Bertz CT molecular complexity index is 759. The molecule has 1 fully saturated rings. The van der Waals surface area contributed by atoms with Gasteiger partial charge in [0, 0.05) is 33.4 Å². The minimum Gasteiger partial charge on any atom is -0.497 e. The Morgan fingerprint density at radius 3 is 1.97 bits per heavy atom. The fraction of sp³-hybridized carbons (Fsp3) is 0.520. The Hall–Kier alpha value is -1.79. The van der Waals surface area contributed by atoms with Crippen molar-refractivity contribution in [2.24, 2.45) is 0 Å². The largest absolute Gasteiger partial charge is 0.497 e. The second-order valence-electron chi connectivity index (χ2n) is 7.27. The van der Waals surface area contributed by atoms with E-state index >= 15 is 0 Å². The summed E-state index contributed by atoms with van der Waals surface area (Å²) >= 11 is 6.11. The van der Waals surface area contributed by atoms with E-state index in [0.29, 0.717) is 29.7 Å². The van der Waals surface area contributed by atoms with Crippen LogP contribution in [-0.2, 0) is 10.3 Å². The predicted molar refractivity (Wildman–Crippen MR) is 128 cm³/mol. The lowest BCUT2D eigenvalue weighted by Gasteiger charge is -2.41. The van der Waals surface area contributed by atoms with Crippen molar-refractivity contribution >= 4 is 11.6 Å². The van der Waals surface area contributed by atoms with Crippen molar-refractivity contribution in [2.75, 3.05) is 41.5 Å². The molecule has 0 radical (unpaired) electrons. The number of hydrogen-bond donors (Lipinski definition) is 1. The first-order valence-electron chi connectivity index (χ1n) is 10.7. The fourth-order valence-electron chi connectivity index (χ4n) is 3.61. The highest BCUT2D eigenvalue weighted by molar-refractivity contribution is 6.32. The summed E-state index contributed by atoms with van der Waals surface area (Å²) in [4.78, 5) is 2.41. The molecule has 6 heteroatoms. The number of benzene rings is 2. The summed E-state index contributed by atoms with van der Waals surface area (Å²) in [6.45, 7) is 7.86. The third kappa shape index (κ3) is 7.39. The number of nitrogens with zero attached hydrogens (tertiary/aromatic N) is 1. The van der Waals surface area contributed by atoms with Crippen LogP contribution >= 0.6 is 11.6 Å². The van der Waals surface area contributed by atoms with E-state index < -0.39 is 5.60 Å². The first-order valence-corrected chi connectivity index (χ1v) is 11.1. The van der Waals surface area contributed by atoms with Gasteiger partial charge in [0.2, 0.25) is 0 Å². The molecule has 0 aromatic heterocycles. The molecule has 1 N–H and O–H groups in total. The van der Waals surface area contributed by atoms with Crippen LogP contribution < -0.4 is 9.47 Å². The molecule has 5 nitrogen and oxygen atoms in total. The van der Waals surface area contributed by atoms with Gasteiger partial charge < -0.3 is 19.3 Å². The average molecular weight is 452 g/mol. The van der Waals surface area contributed by atoms with Gasteiger partial charge in [0.05, 0.1) is 24.8 Å². The lowest BCUT2D eigenvalue weighted by molar-refractivity contribution is -0.0345. The van der Waals surface area contributed by atoms with E-state index in [2.05, 4.69) is 28.7 Å². The highest BCUT2D eigenvalue weighted by Crippen LogP contribution is 2.38. The number of hydrogen-bond acceptors (Lipinski definition) is 5. The molecular formula is C25H38ClNO4. The molecule has 1 aliphatic rings. The van der Waals surface area contributed by atoms with E-state index in [1.165, 1.54) is 5.56 Å². The molecule has 1 unspecified atom stereocenters. The van der Waals surface area contributed by atoms with Gasteiger partial charge in [-0.1, -0.05) is 43.6 Å². The Balaban J connectivity index is 0.000000884. The number of aliphatic hydroxyl groups is 1. The Labute approximate surface area is 192 Å². The normalized spacial score (nSPS) is 16.2. The molecule has 0 saturated carbocycles. The molecule has 0 aliphatic carbocycles. The molecule has 0 bridgehead atoms. The zero-order valence-electron chi connectivity index (χ0n) is 19.9. The van der Waals surface area contributed by atoms with Gasteiger partial charge >= 0.3 is 0 Å². The number of halogens is 1. The Morgan fingerprint density at radius 1 is 0.935 bits per heavy atom. The molecule has 3 rings (SSSR count). The minimum atomic E-state index is -0.839. The maximum Gasteiger partial charge on any atom is 0.137 e. The van der Waals surface area contributed by atoms with Gasteiger partial charge in [-0.2, -0.15) is 0 Å². The second kappa shape index (κ2) is 13.6. The summed E-state index contributed by atoms with van der Waals surface area (Å²) in [6.07, 6.45) is 1.36. The standard InChI is InChI=1S/C21H26ClNO3.C2H6O.C2H6/c1-15(16-4-7-18(25-2)8-5-16)23-12-10-21(24,11-13-23)17-6-9-19(22)20(14-17)26-3;1-3-2;1-2/h4-9,14-15,24H,10-13H2,1-3H3;1-2H3;1-2H3. The lowest BCUT2D eigenvalue weighted by Crippen LogP contribution is -2.43. The van der Waals surface area contributed by atoms with Crippen LogP contribution in [-0.4, -0.2) is 51.5 Å². The molecule has 1 atom stereocenters. The average Bonchev–Trinajstić information content (AvgIpc) is 2.81. The monoisotopic (exact) mass is 451 g/mol. The summed E-state index contributed by atoms with van der Waals surface area (Å²) in [5.74, 6) is 1.47. The molecule has 31 heavy (non-hydrogen) atoms. The molecule has 2 aromatic carbocycles. The van der Waals surface area contributed by atoms with Gasteiger partial charge in [-0.15, -0.1) is 0 Å². The van der Waals surface area contributed by atoms with Gasteiger partial charge in [0.25, 0.3) is 0 Å². The van der Waals surface area contributed by atoms with Crippen LogP contribution in [0.3, 0.4) is 0 Å². The number of methoxy groups -OCH3 is 3. The zero-order valence-corrected chi connectivity index (χ0v) is 20.7. The van der Waals surface area contributed by atoms with Crippen molar-refractivity contribution in [3.8, 4) is 11.5 Å². The number of rotatable bonds is 5. The minimum absolute atomic E-state index is 0.296. The predicted octanol–water partition coefficient (Wildman–Crippen LogP) is 5.69. The van der Waals surface area contributed by atoms with Crippen LogP contribution in [0.4, 0.5) is 0 Å². The maximum atomic E-state index is 11.2.